The largest absolute Gasteiger partial charge is 0.329 e. The van der Waals surface area contributed by atoms with Gasteiger partial charge in [-0.1, -0.05) is 38.1 Å². The van der Waals surface area contributed by atoms with E-state index in [2.05, 4.69) is 47.9 Å². The van der Waals surface area contributed by atoms with Crippen molar-refractivity contribution >= 4 is 0 Å². The molecule has 1 heterocycles. The number of hydrogen-bond donors (Lipinski definition) is 1. The Morgan fingerprint density at radius 2 is 1.62 bits per heavy atom. The first kappa shape index (κ1) is 15.0. The fourth-order valence-corrected chi connectivity index (χ4v) is 4.09. The molecule has 0 amide bonds. The molecule has 0 spiro atoms. The highest BCUT2D eigenvalue weighted by Crippen LogP contribution is 2.34. The van der Waals surface area contributed by atoms with Gasteiger partial charge in [0.25, 0.3) is 0 Å². The molecule has 0 unspecified atom stereocenters. The van der Waals surface area contributed by atoms with Crippen molar-refractivity contribution in [2.45, 2.75) is 32.2 Å². The molecular weight excluding hydrogens is 258 g/mol. The first-order valence-electron chi connectivity index (χ1n) is 8.37. The minimum Gasteiger partial charge on any atom is -0.329 e. The molecule has 21 heavy (non-hydrogen) atoms. The summed E-state index contributed by atoms with van der Waals surface area (Å²) in [4.78, 5) is 5.28. The van der Waals surface area contributed by atoms with Crippen LogP contribution in [0.5, 0.6) is 0 Å². The van der Waals surface area contributed by atoms with Crippen molar-refractivity contribution in [3.8, 4) is 0 Å². The van der Waals surface area contributed by atoms with Gasteiger partial charge >= 0.3 is 0 Å². The smallest absolute Gasteiger partial charge is 0.0413 e. The van der Waals surface area contributed by atoms with Crippen LogP contribution in [0.15, 0.2) is 24.3 Å². The summed E-state index contributed by atoms with van der Waals surface area (Å²) < 4.78 is 0. The van der Waals surface area contributed by atoms with Gasteiger partial charge in [0, 0.05) is 44.8 Å². The van der Waals surface area contributed by atoms with Crippen LogP contribution in [0.4, 0.5) is 0 Å². The average molecular weight is 287 g/mol. The number of hydrogen-bond acceptors (Lipinski definition) is 3. The van der Waals surface area contributed by atoms with Crippen molar-refractivity contribution in [2.24, 2.45) is 11.7 Å². The molecule has 1 saturated heterocycles. The maximum Gasteiger partial charge on any atom is 0.0413 e. The lowest BCUT2D eigenvalue weighted by molar-refractivity contribution is 0.0378. The Hall–Kier alpha value is -0.900. The topological polar surface area (TPSA) is 32.5 Å². The zero-order valence-electron chi connectivity index (χ0n) is 13.5. The molecule has 116 valence electrons. The lowest BCUT2D eigenvalue weighted by Gasteiger charge is -2.46. The molecule has 0 atom stereocenters. The quantitative estimate of drug-likeness (QED) is 0.916. The molecule has 2 aliphatic rings. The highest BCUT2D eigenvalue weighted by atomic mass is 15.3. The number of rotatable bonds is 4. The van der Waals surface area contributed by atoms with Crippen LogP contribution in [-0.4, -0.2) is 54.6 Å². The number of piperazine rings is 1. The Morgan fingerprint density at radius 3 is 2.10 bits per heavy atom. The second-order valence-corrected chi connectivity index (χ2v) is 7.23. The van der Waals surface area contributed by atoms with Crippen LogP contribution in [0.25, 0.3) is 0 Å². The van der Waals surface area contributed by atoms with E-state index in [0.717, 1.165) is 38.4 Å². The van der Waals surface area contributed by atoms with Crippen molar-refractivity contribution in [3.63, 3.8) is 0 Å². The van der Waals surface area contributed by atoms with Gasteiger partial charge in [-0.05, 0) is 29.9 Å². The maximum absolute atomic E-state index is 6.24. The van der Waals surface area contributed by atoms with Crippen LogP contribution >= 0.6 is 0 Å². The Kier molecular flexibility index (Phi) is 4.34. The number of fused-ring (bicyclic) bond motifs is 1. The minimum absolute atomic E-state index is 0.174. The van der Waals surface area contributed by atoms with E-state index in [4.69, 9.17) is 5.73 Å². The summed E-state index contributed by atoms with van der Waals surface area (Å²) in [7, 11) is 0. The van der Waals surface area contributed by atoms with Crippen molar-refractivity contribution < 1.29 is 0 Å². The van der Waals surface area contributed by atoms with Crippen LogP contribution in [-0.2, 0) is 12.8 Å². The summed E-state index contributed by atoms with van der Waals surface area (Å²) in [5.41, 5.74) is 9.43. The third-order valence-electron chi connectivity index (χ3n) is 5.20. The highest BCUT2D eigenvalue weighted by Gasteiger charge is 2.41. The SMILES string of the molecule is CC(C)CN1CCN(C2(CN)Cc3ccccc3C2)CC1. The van der Waals surface area contributed by atoms with Gasteiger partial charge < -0.3 is 10.6 Å². The minimum atomic E-state index is 0.174. The molecular formula is C18H29N3. The van der Waals surface area contributed by atoms with E-state index in [1.165, 1.54) is 30.8 Å². The molecule has 1 aromatic rings. The first-order chi connectivity index (χ1) is 10.1. The number of nitrogens with two attached hydrogens (primary N) is 1. The van der Waals surface area contributed by atoms with E-state index in [-0.39, 0.29) is 5.54 Å². The third kappa shape index (κ3) is 3.01. The predicted molar refractivity (Wildman–Crippen MR) is 88.5 cm³/mol. The Labute approximate surface area is 129 Å². The molecule has 0 bridgehead atoms. The van der Waals surface area contributed by atoms with E-state index in [1.54, 1.807) is 0 Å². The standard InChI is InChI=1S/C18H29N3/c1-15(2)13-20-7-9-21(10-8-20)18(14-19)11-16-5-3-4-6-17(16)12-18/h3-6,15H,7-14,19H2,1-2H3. The molecule has 3 heteroatoms. The summed E-state index contributed by atoms with van der Waals surface area (Å²) in [5.74, 6) is 0.760. The fraction of sp³-hybridized carbons (Fsp3) is 0.667. The van der Waals surface area contributed by atoms with Crippen LogP contribution in [0.2, 0.25) is 0 Å². The Bertz CT molecular complexity index is 450. The average Bonchev–Trinajstić information content (AvgIpc) is 2.87. The van der Waals surface area contributed by atoms with E-state index < -0.39 is 0 Å². The molecule has 2 N–H and O–H groups in total. The lowest BCUT2D eigenvalue weighted by atomic mass is 9.92. The van der Waals surface area contributed by atoms with E-state index in [0.29, 0.717) is 0 Å². The van der Waals surface area contributed by atoms with Crippen LogP contribution in [0.3, 0.4) is 0 Å². The molecule has 3 nitrogen and oxygen atoms in total. The molecule has 3 rings (SSSR count). The van der Waals surface area contributed by atoms with E-state index >= 15 is 0 Å². The second-order valence-electron chi connectivity index (χ2n) is 7.23. The molecule has 1 aromatic carbocycles. The molecule has 1 fully saturated rings. The fourth-order valence-electron chi connectivity index (χ4n) is 4.09. The van der Waals surface area contributed by atoms with Gasteiger partial charge in [0.05, 0.1) is 0 Å². The monoisotopic (exact) mass is 287 g/mol. The summed E-state index contributed by atoms with van der Waals surface area (Å²) >= 11 is 0. The molecule has 1 aliphatic carbocycles. The molecule has 1 aliphatic heterocycles. The molecule has 0 aromatic heterocycles. The predicted octanol–water partition coefficient (Wildman–Crippen LogP) is 1.76. The Morgan fingerprint density at radius 1 is 1.05 bits per heavy atom. The lowest BCUT2D eigenvalue weighted by Crippen LogP contribution is -2.61. The number of benzene rings is 1. The molecule has 0 saturated carbocycles. The zero-order chi connectivity index (χ0) is 14.9. The van der Waals surface area contributed by atoms with Crippen LogP contribution in [0.1, 0.15) is 25.0 Å². The van der Waals surface area contributed by atoms with Gasteiger partial charge in [-0.2, -0.15) is 0 Å². The van der Waals surface area contributed by atoms with Gasteiger partial charge in [-0.15, -0.1) is 0 Å². The van der Waals surface area contributed by atoms with Crippen molar-refractivity contribution in [3.05, 3.63) is 35.4 Å². The van der Waals surface area contributed by atoms with Gasteiger partial charge in [0.2, 0.25) is 0 Å². The van der Waals surface area contributed by atoms with Gasteiger partial charge in [-0.25, -0.2) is 0 Å². The highest BCUT2D eigenvalue weighted by molar-refractivity contribution is 5.36. The van der Waals surface area contributed by atoms with E-state index in [9.17, 15) is 0 Å². The summed E-state index contributed by atoms with van der Waals surface area (Å²) in [6, 6.07) is 8.88. The summed E-state index contributed by atoms with van der Waals surface area (Å²) in [5, 5.41) is 0. The summed E-state index contributed by atoms with van der Waals surface area (Å²) in [6.45, 7) is 11.3. The van der Waals surface area contributed by atoms with Crippen LogP contribution in [0, 0.1) is 5.92 Å². The third-order valence-corrected chi connectivity index (χ3v) is 5.20. The van der Waals surface area contributed by atoms with Gasteiger partial charge in [-0.3, -0.25) is 4.90 Å². The maximum atomic E-state index is 6.24. The normalized spacial score (nSPS) is 22.7. The number of nitrogens with zero attached hydrogens (tertiary/aromatic N) is 2. The first-order valence-corrected chi connectivity index (χ1v) is 8.37. The van der Waals surface area contributed by atoms with Crippen molar-refractivity contribution in [1.29, 1.82) is 0 Å². The van der Waals surface area contributed by atoms with Gasteiger partial charge in [0.1, 0.15) is 0 Å². The van der Waals surface area contributed by atoms with Crippen molar-refractivity contribution in [1.82, 2.24) is 9.80 Å². The van der Waals surface area contributed by atoms with Gasteiger partial charge in [0.15, 0.2) is 0 Å². The molecule has 0 radical (unpaired) electrons. The van der Waals surface area contributed by atoms with E-state index in [1.807, 2.05) is 0 Å². The summed E-state index contributed by atoms with van der Waals surface area (Å²) in [6.07, 6.45) is 2.26. The Balaban J connectivity index is 1.67. The van der Waals surface area contributed by atoms with Crippen molar-refractivity contribution in [2.75, 3.05) is 39.3 Å². The zero-order valence-corrected chi connectivity index (χ0v) is 13.5. The second kappa shape index (κ2) is 6.07. The van der Waals surface area contributed by atoms with Crippen LogP contribution < -0.4 is 5.73 Å².